The van der Waals surface area contributed by atoms with Gasteiger partial charge < -0.3 is 19.9 Å². The number of rotatable bonds is 5. The molecule has 1 heterocycles. The summed E-state index contributed by atoms with van der Waals surface area (Å²) in [5.74, 6) is 0.816. The molecule has 0 bridgehead atoms. The molecule has 0 radical (unpaired) electrons. The van der Waals surface area contributed by atoms with E-state index in [9.17, 15) is 4.79 Å². The topological polar surface area (TPSA) is 55.3 Å². The van der Waals surface area contributed by atoms with Crippen molar-refractivity contribution in [1.29, 1.82) is 0 Å². The Kier molecular flexibility index (Phi) is 5.50. The summed E-state index contributed by atoms with van der Waals surface area (Å²) in [7, 11) is 1.67. The number of carbonyl (C=O) groups excluding carboxylic acids is 1. The van der Waals surface area contributed by atoms with E-state index in [1.54, 1.807) is 7.11 Å². The molecule has 0 saturated carbocycles. The van der Waals surface area contributed by atoms with Crippen LogP contribution in [-0.4, -0.2) is 17.7 Å². The van der Waals surface area contributed by atoms with Crippen molar-refractivity contribution < 1.29 is 9.53 Å². The number of para-hydroxylation sites is 2. The molecule has 2 amide bonds. The van der Waals surface area contributed by atoms with E-state index in [0.717, 1.165) is 39.6 Å². The van der Waals surface area contributed by atoms with Gasteiger partial charge in [0.05, 0.1) is 12.8 Å². The first kappa shape index (κ1) is 18.6. The highest BCUT2D eigenvalue weighted by atomic mass is 16.5. The van der Waals surface area contributed by atoms with Crippen LogP contribution in [0.5, 0.6) is 5.75 Å². The Balaban J connectivity index is 1.74. The van der Waals surface area contributed by atoms with Gasteiger partial charge in [-0.2, -0.15) is 0 Å². The molecule has 0 fully saturated rings. The predicted octanol–water partition coefficient (Wildman–Crippen LogP) is 4.73. The van der Waals surface area contributed by atoms with Crippen LogP contribution in [0, 0.1) is 20.8 Å². The Morgan fingerprint density at radius 1 is 1.04 bits per heavy atom. The average molecular weight is 363 g/mol. The number of methoxy groups -OCH3 is 1. The van der Waals surface area contributed by atoms with Gasteiger partial charge in [0.2, 0.25) is 0 Å². The average Bonchev–Trinajstić information content (AvgIpc) is 2.93. The van der Waals surface area contributed by atoms with Gasteiger partial charge in [-0.15, -0.1) is 0 Å². The summed E-state index contributed by atoms with van der Waals surface area (Å²) in [6, 6.07) is 17.5. The smallest absolute Gasteiger partial charge is 0.319 e. The molecule has 2 N–H and O–H groups in total. The molecule has 140 valence electrons. The number of carbonyl (C=O) groups is 1. The minimum Gasteiger partial charge on any atom is -0.495 e. The predicted molar refractivity (Wildman–Crippen MR) is 109 cm³/mol. The van der Waals surface area contributed by atoms with Crippen molar-refractivity contribution in [3.8, 4) is 11.4 Å². The zero-order chi connectivity index (χ0) is 19.4. The second-order valence-corrected chi connectivity index (χ2v) is 6.58. The lowest BCUT2D eigenvalue weighted by molar-refractivity contribution is 0.251. The van der Waals surface area contributed by atoms with Crippen LogP contribution in [0.1, 0.15) is 22.5 Å². The van der Waals surface area contributed by atoms with Gasteiger partial charge >= 0.3 is 6.03 Å². The molecular formula is C22H25N3O2. The molecule has 0 saturated heterocycles. The standard InChI is InChI=1S/C22H25N3O2/c1-15-8-7-9-19(12-15)24-22(26)23-14-18-13-16(2)25(17(18)3)20-10-5-6-11-21(20)27-4/h5-13H,14H2,1-4H3,(H2,23,24,26). The molecular weight excluding hydrogens is 338 g/mol. The quantitative estimate of drug-likeness (QED) is 0.688. The van der Waals surface area contributed by atoms with Crippen LogP contribution >= 0.6 is 0 Å². The maximum absolute atomic E-state index is 12.2. The van der Waals surface area contributed by atoms with Gasteiger partial charge in [0, 0.05) is 23.6 Å². The highest BCUT2D eigenvalue weighted by Gasteiger charge is 2.14. The van der Waals surface area contributed by atoms with Crippen LogP contribution in [0.15, 0.2) is 54.6 Å². The van der Waals surface area contributed by atoms with Gasteiger partial charge in [0.1, 0.15) is 5.75 Å². The van der Waals surface area contributed by atoms with Gasteiger partial charge in [-0.3, -0.25) is 0 Å². The molecule has 3 aromatic rings. The number of anilines is 1. The minimum absolute atomic E-state index is 0.220. The number of benzene rings is 2. The lowest BCUT2D eigenvalue weighted by atomic mass is 10.2. The fourth-order valence-electron chi connectivity index (χ4n) is 3.27. The van der Waals surface area contributed by atoms with Crippen molar-refractivity contribution in [2.24, 2.45) is 0 Å². The normalized spacial score (nSPS) is 10.5. The summed E-state index contributed by atoms with van der Waals surface area (Å²) >= 11 is 0. The largest absolute Gasteiger partial charge is 0.495 e. The zero-order valence-corrected chi connectivity index (χ0v) is 16.2. The number of hydrogen-bond acceptors (Lipinski definition) is 2. The molecule has 3 rings (SSSR count). The summed E-state index contributed by atoms with van der Waals surface area (Å²) in [4.78, 5) is 12.2. The van der Waals surface area contributed by atoms with Gasteiger partial charge in [-0.05, 0) is 62.2 Å². The lowest BCUT2D eigenvalue weighted by Crippen LogP contribution is -2.28. The van der Waals surface area contributed by atoms with E-state index in [1.807, 2.05) is 55.5 Å². The summed E-state index contributed by atoms with van der Waals surface area (Å²) in [5.41, 5.74) is 6.11. The van der Waals surface area contributed by atoms with Crippen molar-refractivity contribution >= 4 is 11.7 Å². The van der Waals surface area contributed by atoms with E-state index in [0.29, 0.717) is 6.54 Å². The Labute approximate surface area is 160 Å². The first-order valence-electron chi connectivity index (χ1n) is 8.92. The number of amides is 2. The maximum Gasteiger partial charge on any atom is 0.319 e. The van der Waals surface area contributed by atoms with E-state index in [-0.39, 0.29) is 6.03 Å². The molecule has 27 heavy (non-hydrogen) atoms. The van der Waals surface area contributed by atoms with E-state index in [1.165, 1.54) is 0 Å². The maximum atomic E-state index is 12.2. The Hall–Kier alpha value is -3.21. The Bertz CT molecular complexity index is 960. The van der Waals surface area contributed by atoms with Crippen molar-refractivity contribution in [1.82, 2.24) is 9.88 Å². The first-order chi connectivity index (χ1) is 13.0. The molecule has 0 atom stereocenters. The van der Waals surface area contributed by atoms with Crippen LogP contribution < -0.4 is 15.4 Å². The third-order valence-corrected chi connectivity index (χ3v) is 4.58. The summed E-state index contributed by atoms with van der Waals surface area (Å²) in [5, 5.41) is 5.80. The summed E-state index contributed by atoms with van der Waals surface area (Å²) in [6.07, 6.45) is 0. The monoisotopic (exact) mass is 363 g/mol. The molecule has 5 nitrogen and oxygen atoms in total. The molecule has 0 aliphatic carbocycles. The summed E-state index contributed by atoms with van der Waals surface area (Å²) < 4.78 is 7.64. The SMILES string of the molecule is COc1ccccc1-n1c(C)cc(CNC(=O)Nc2cccc(C)c2)c1C. The molecule has 1 aromatic heterocycles. The second kappa shape index (κ2) is 7.99. The molecule has 0 aliphatic heterocycles. The van der Waals surface area contributed by atoms with Gasteiger partial charge in [0.25, 0.3) is 0 Å². The van der Waals surface area contributed by atoms with E-state index in [2.05, 4.69) is 35.1 Å². The molecule has 0 aliphatic rings. The van der Waals surface area contributed by atoms with Crippen LogP contribution in [0.3, 0.4) is 0 Å². The summed E-state index contributed by atoms with van der Waals surface area (Å²) in [6.45, 7) is 6.55. The van der Waals surface area contributed by atoms with Crippen LogP contribution in [0.2, 0.25) is 0 Å². The number of nitrogens with zero attached hydrogens (tertiary/aromatic N) is 1. The van der Waals surface area contributed by atoms with Crippen molar-refractivity contribution in [3.05, 3.63) is 77.1 Å². The number of hydrogen-bond donors (Lipinski definition) is 2. The van der Waals surface area contributed by atoms with E-state index >= 15 is 0 Å². The number of aryl methyl sites for hydroxylation is 2. The third-order valence-electron chi connectivity index (χ3n) is 4.58. The fourth-order valence-corrected chi connectivity index (χ4v) is 3.27. The molecule has 5 heteroatoms. The minimum atomic E-state index is -0.220. The second-order valence-electron chi connectivity index (χ2n) is 6.58. The van der Waals surface area contributed by atoms with Crippen molar-refractivity contribution in [3.63, 3.8) is 0 Å². The molecule has 0 unspecified atom stereocenters. The molecule has 2 aromatic carbocycles. The Morgan fingerprint density at radius 3 is 2.56 bits per heavy atom. The third kappa shape index (κ3) is 4.14. The van der Waals surface area contributed by atoms with Gasteiger partial charge in [-0.1, -0.05) is 24.3 Å². The van der Waals surface area contributed by atoms with Gasteiger partial charge in [0.15, 0.2) is 0 Å². The number of ether oxygens (including phenoxy) is 1. The number of urea groups is 1. The van der Waals surface area contributed by atoms with Crippen molar-refractivity contribution in [2.75, 3.05) is 12.4 Å². The van der Waals surface area contributed by atoms with Gasteiger partial charge in [-0.25, -0.2) is 4.79 Å². The van der Waals surface area contributed by atoms with Crippen LogP contribution in [-0.2, 0) is 6.54 Å². The lowest BCUT2D eigenvalue weighted by Gasteiger charge is -2.14. The van der Waals surface area contributed by atoms with Crippen LogP contribution in [0.4, 0.5) is 10.5 Å². The number of aromatic nitrogens is 1. The first-order valence-corrected chi connectivity index (χ1v) is 8.92. The van der Waals surface area contributed by atoms with E-state index < -0.39 is 0 Å². The van der Waals surface area contributed by atoms with E-state index in [4.69, 9.17) is 4.74 Å². The fraction of sp³-hybridized carbons (Fsp3) is 0.227. The Morgan fingerprint density at radius 2 is 1.81 bits per heavy atom. The highest BCUT2D eigenvalue weighted by molar-refractivity contribution is 5.89. The van der Waals surface area contributed by atoms with Crippen LogP contribution in [0.25, 0.3) is 5.69 Å². The number of nitrogens with one attached hydrogen (secondary N) is 2. The zero-order valence-electron chi connectivity index (χ0n) is 16.2. The molecule has 0 spiro atoms. The van der Waals surface area contributed by atoms with Crippen molar-refractivity contribution in [2.45, 2.75) is 27.3 Å². The highest BCUT2D eigenvalue weighted by Crippen LogP contribution is 2.27.